The maximum absolute atomic E-state index is 11.2. The Morgan fingerprint density at radius 2 is 2.28 bits per heavy atom. The van der Waals surface area contributed by atoms with Crippen molar-refractivity contribution in [1.82, 2.24) is 10.3 Å². The number of pyridine rings is 1. The Morgan fingerprint density at radius 3 is 2.89 bits per heavy atom. The zero-order valence-electron chi connectivity index (χ0n) is 11.2. The van der Waals surface area contributed by atoms with Crippen molar-refractivity contribution in [1.29, 1.82) is 0 Å². The van der Waals surface area contributed by atoms with Gasteiger partial charge in [0.1, 0.15) is 5.75 Å². The molecule has 1 rings (SSSR count). The van der Waals surface area contributed by atoms with Crippen molar-refractivity contribution in [3.05, 3.63) is 23.5 Å². The fourth-order valence-electron chi connectivity index (χ4n) is 1.48. The predicted octanol–water partition coefficient (Wildman–Crippen LogP) is 0.795. The topological polar surface area (TPSA) is 77.2 Å². The van der Waals surface area contributed by atoms with Gasteiger partial charge in [-0.3, -0.25) is 9.78 Å². The Hall–Kier alpha value is -1.62. The Kier molecular flexibility index (Phi) is 5.58. The maximum Gasteiger partial charge on any atom is 0.257 e. The van der Waals surface area contributed by atoms with Gasteiger partial charge in [0.2, 0.25) is 0 Å². The van der Waals surface area contributed by atoms with Crippen LogP contribution < -0.4 is 15.8 Å². The summed E-state index contributed by atoms with van der Waals surface area (Å²) in [6, 6.07) is 3.75. The highest BCUT2D eigenvalue weighted by Crippen LogP contribution is 2.18. The van der Waals surface area contributed by atoms with Crippen LogP contribution in [-0.4, -0.2) is 30.6 Å². The van der Waals surface area contributed by atoms with Crippen LogP contribution in [0.15, 0.2) is 12.1 Å². The Balaban J connectivity index is 2.79. The summed E-state index contributed by atoms with van der Waals surface area (Å²) >= 11 is 0. The van der Waals surface area contributed by atoms with Crippen LogP contribution >= 0.6 is 0 Å². The zero-order chi connectivity index (χ0) is 13.5. The molecule has 3 N–H and O–H groups in total. The summed E-state index contributed by atoms with van der Waals surface area (Å²) < 4.78 is 5.46. The van der Waals surface area contributed by atoms with E-state index in [0.717, 1.165) is 17.8 Å². The molecule has 1 aromatic rings. The molecular weight excluding hydrogens is 230 g/mol. The lowest BCUT2D eigenvalue weighted by molar-refractivity contribution is -0.122. The predicted molar refractivity (Wildman–Crippen MR) is 70.5 cm³/mol. The molecule has 0 aromatic carbocycles. The number of carbonyl (C=O) groups is 1. The number of ether oxygens (including phenoxy) is 1. The normalized spacial score (nSPS) is 12.0. The van der Waals surface area contributed by atoms with Crippen molar-refractivity contribution >= 4 is 5.91 Å². The lowest BCUT2D eigenvalue weighted by Crippen LogP contribution is -2.26. The number of amides is 1. The first-order valence-corrected chi connectivity index (χ1v) is 6.12. The molecule has 0 fully saturated rings. The molecule has 0 bridgehead atoms. The van der Waals surface area contributed by atoms with Gasteiger partial charge in [0.15, 0.2) is 6.61 Å². The van der Waals surface area contributed by atoms with Crippen LogP contribution in [0.3, 0.4) is 0 Å². The molecule has 1 heterocycles. The van der Waals surface area contributed by atoms with Crippen molar-refractivity contribution in [3.8, 4) is 5.75 Å². The minimum absolute atomic E-state index is 0.00436. The molecule has 0 saturated heterocycles. The summed E-state index contributed by atoms with van der Waals surface area (Å²) in [7, 11) is 1.58. The standard InChI is InChI=1S/C13H21N3O2/c1-4-10(14)7-11-12(6-5-9(2)16-11)18-8-13(17)15-3/h5-6,10H,4,7-8,14H2,1-3H3,(H,15,17). The van der Waals surface area contributed by atoms with Crippen LogP contribution in [0.25, 0.3) is 0 Å². The first-order chi connectivity index (χ1) is 8.56. The minimum atomic E-state index is -0.165. The van der Waals surface area contributed by atoms with Gasteiger partial charge in [-0.2, -0.15) is 0 Å². The second-order valence-electron chi connectivity index (χ2n) is 4.23. The number of aryl methyl sites for hydroxylation is 1. The number of nitrogens with zero attached hydrogens (tertiary/aromatic N) is 1. The minimum Gasteiger partial charge on any atom is -0.482 e. The molecule has 100 valence electrons. The molecule has 1 unspecified atom stereocenters. The van der Waals surface area contributed by atoms with E-state index in [9.17, 15) is 4.79 Å². The van der Waals surface area contributed by atoms with Gasteiger partial charge in [0.25, 0.3) is 5.91 Å². The lowest BCUT2D eigenvalue weighted by Gasteiger charge is -2.13. The number of hydrogen-bond acceptors (Lipinski definition) is 4. The first-order valence-electron chi connectivity index (χ1n) is 6.12. The summed E-state index contributed by atoms with van der Waals surface area (Å²) in [5, 5.41) is 2.51. The van der Waals surface area contributed by atoms with E-state index in [1.165, 1.54) is 0 Å². The van der Waals surface area contributed by atoms with Crippen LogP contribution in [0.4, 0.5) is 0 Å². The molecule has 1 aromatic heterocycles. The van der Waals surface area contributed by atoms with Crippen molar-refractivity contribution < 1.29 is 9.53 Å². The van der Waals surface area contributed by atoms with Crippen LogP contribution in [0.5, 0.6) is 5.75 Å². The Labute approximate surface area is 108 Å². The van der Waals surface area contributed by atoms with E-state index in [2.05, 4.69) is 10.3 Å². The summed E-state index contributed by atoms with van der Waals surface area (Å²) in [6.45, 7) is 3.95. The number of aromatic nitrogens is 1. The van der Waals surface area contributed by atoms with Crippen molar-refractivity contribution in [2.75, 3.05) is 13.7 Å². The van der Waals surface area contributed by atoms with Gasteiger partial charge in [0, 0.05) is 25.2 Å². The lowest BCUT2D eigenvalue weighted by atomic mass is 10.1. The van der Waals surface area contributed by atoms with Gasteiger partial charge in [-0.05, 0) is 25.5 Å². The van der Waals surface area contributed by atoms with Gasteiger partial charge >= 0.3 is 0 Å². The third kappa shape index (κ3) is 4.33. The van der Waals surface area contributed by atoms with Crippen LogP contribution in [-0.2, 0) is 11.2 Å². The monoisotopic (exact) mass is 251 g/mol. The molecule has 5 heteroatoms. The number of nitrogens with one attached hydrogen (secondary N) is 1. The molecule has 0 aliphatic rings. The smallest absolute Gasteiger partial charge is 0.257 e. The largest absolute Gasteiger partial charge is 0.482 e. The number of rotatable bonds is 6. The van der Waals surface area contributed by atoms with Crippen LogP contribution in [0.2, 0.25) is 0 Å². The molecule has 5 nitrogen and oxygen atoms in total. The van der Waals surface area contributed by atoms with Crippen LogP contribution in [0.1, 0.15) is 24.7 Å². The average Bonchev–Trinajstić information content (AvgIpc) is 2.37. The average molecular weight is 251 g/mol. The van der Waals surface area contributed by atoms with E-state index in [-0.39, 0.29) is 18.6 Å². The third-order valence-corrected chi connectivity index (χ3v) is 2.69. The second-order valence-corrected chi connectivity index (χ2v) is 4.23. The van der Waals surface area contributed by atoms with Crippen molar-refractivity contribution in [3.63, 3.8) is 0 Å². The zero-order valence-corrected chi connectivity index (χ0v) is 11.2. The molecule has 1 amide bonds. The second kappa shape index (κ2) is 6.96. The van der Waals surface area contributed by atoms with Crippen molar-refractivity contribution in [2.24, 2.45) is 5.73 Å². The number of hydrogen-bond donors (Lipinski definition) is 2. The number of carbonyl (C=O) groups excluding carboxylic acids is 1. The van der Waals surface area contributed by atoms with Crippen LogP contribution in [0, 0.1) is 6.92 Å². The highest BCUT2D eigenvalue weighted by Gasteiger charge is 2.11. The Morgan fingerprint density at radius 1 is 1.56 bits per heavy atom. The molecular formula is C13H21N3O2. The Bertz CT molecular complexity index is 407. The highest BCUT2D eigenvalue weighted by atomic mass is 16.5. The molecule has 1 atom stereocenters. The molecule has 18 heavy (non-hydrogen) atoms. The molecule has 0 radical (unpaired) electrons. The fraction of sp³-hybridized carbons (Fsp3) is 0.538. The summed E-state index contributed by atoms with van der Waals surface area (Å²) in [4.78, 5) is 15.6. The quantitative estimate of drug-likeness (QED) is 0.784. The molecule has 0 aliphatic carbocycles. The number of nitrogens with two attached hydrogens (primary N) is 1. The highest BCUT2D eigenvalue weighted by molar-refractivity contribution is 5.77. The summed E-state index contributed by atoms with van der Waals surface area (Å²) in [5.41, 5.74) is 7.66. The summed E-state index contributed by atoms with van der Waals surface area (Å²) in [6.07, 6.45) is 1.53. The van der Waals surface area contributed by atoms with Gasteiger partial charge < -0.3 is 15.8 Å². The van der Waals surface area contributed by atoms with Gasteiger partial charge in [-0.15, -0.1) is 0 Å². The van der Waals surface area contributed by atoms with Crippen molar-refractivity contribution in [2.45, 2.75) is 32.7 Å². The van der Waals surface area contributed by atoms with E-state index in [4.69, 9.17) is 10.5 Å². The first kappa shape index (κ1) is 14.4. The maximum atomic E-state index is 11.2. The SMILES string of the molecule is CCC(N)Cc1nc(C)ccc1OCC(=O)NC. The fourth-order valence-corrected chi connectivity index (χ4v) is 1.48. The van der Waals surface area contributed by atoms with E-state index in [0.29, 0.717) is 12.2 Å². The van der Waals surface area contributed by atoms with E-state index < -0.39 is 0 Å². The van der Waals surface area contributed by atoms with Gasteiger partial charge in [-0.25, -0.2) is 0 Å². The molecule has 0 spiro atoms. The summed E-state index contributed by atoms with van der Waals surface area (Å²) in [5.74, 6) is 0.467. The molecule has 0 saturated carbocycles. The molecule has 0 aliphatic heterocycles. The number of likely N-dealkylation sites (N-methyl/N-ethyl adjacent to an activating group) is 1. The van der Waals surface area contributed by atoms with Gasteiger partial charge in [-0.1, -0.05) is 6.92 Å². The van der Waals surface area contributed by atoms with Gasteiger partial charge in [0.05, 0.1) is 5.69 Å². The third-order valence-electron chi connectivity index (χ3n) is 2.69. The van der Waals surface area contributed by atoms with E-state index in [1.54, 1.807) is 7.05 Å². The van der Waals surface area contributed by atoms with E-state index >= 15 is 0 Å². The van der Waals surface area contributed by atoms with E-state index in [1.807, 2.05) is 26.0 Å².